The quantitative estimate of drug-likeness (QED) is 0.886. The van der Waals surface area contributed by atoms with Crippen LogP contribution in [0.1, 0.15) is 50.3 Å². The number of amides is 1. The lowest BCUT2D eigenvalue weighted by atomic mass is 9.77. The van der Waals surface area contributed by atoms with E-state index in [0.717, 1.165) is 32.4 Å². The van der Waals surface area contributed by atoms with Crippen LogP contribution < -0.4 is 10.6 Å². The minimum Gasteiger partial charge on any atom is -0.349 e. The summed E-state index contributed by atoms with van der Waals surface area (Å²) in [4.78, 5) is 12.7. The molecule has 0 saturated carbocycles. The van der Waals surface area contributed by atoms with Crippen LogP contribution in [0.2, 0.25) is 0 Å². The van der Waals surface area contributed by atoms with Crippen molar-refractivity contribution in [3.05, 3.63) is 35.4 Å². The van der Waals surface area contributed by atoms with E-state index in [2.05, 4.69) is 55.7 Å². The van der Waals surface area contributed by atoms with Crippen molar-refractivity contribution < 1.29 is 4.79 Å². The van der Waals surface area contributed by atoms with E-state index in [1.807, 2.05) is 0 Å². The molecule has 2 rings (SSSR count). The average molecular weight is 274 g/mol. The second kappa shape index (κ2) is 6.40. The Morgan fingerprint density at radius 3 is 2.65 bits per heavy atom. The molecule has 1 aromatic carbocycles. The molecule has 1 aromatic rings. The van der Waals surface area contributed by atoms with Crippen LogP contribution in [0.15, 0.2) is 24.3 Å². The van der Waals surface area contributed by atoms with E-state index in [1.165, 1.54) is 11.1 Å². The van der Waals surface area contributed by atoms with Crippen LogP contribution in [-0.2, 0) is 4.79 Å². The summed E-state index contributed by atoms with van der Waals surface area (Å²) >= 11 is 0. The number of aryl methyl sites for hydroxylation is 1. The summed E-state index contributed by atoms with van der Waals surface area (Å²) in [6.45, 7) is 8.08. The van der Waals surface area contributed by atoms with Crippen molar-refractivity contribution in [2.45, 2.75) is 46.1 Å². The van der Waals surface area contributed by atoms with E-state index in [-0.39, 0.29) is 17.4 Å². The van der Waals surface area contributed by atoms with Gasteiger partial charge in [0.05, 0.1) is 11.5 Å². The fourth-order valence-corrected chi connectivity index (χ4v) is 2.91. The summed E-state index contributed by atoms with van der Waals surface area (Å²) in [5, 5.41) is 6.57. The predicted octanol–water partition coefficient (Wildman–Crippen LogP) is 2.95. The first-order chi connectivity index (χ1) is 9.57. The lowest BCUT2D eigenvalue weighted by Gasteiger charge is -2.36. The highest BCUT2D eigenvalue weighted by Gasteiger charge is 2.38. The number of hydrogen-bond donors (Lipinski definition) is 2. The third-order valence-corrected chi connectivity index (χ3v) is 4.56. The van der Waals surface area contributed by atoms with Gasteiger partial charge in [-0.25, -0.2) is 0 Å². The SMILES string of the molecule is CCC1(C(=O)N[C@H](C)c2ccc(C)cc2)CCCNC1. The summed E-state index contributed by atoms with van der Waals surface area (Å²) in [6, 6.07) is 8.44. The Balaban J connectivity index is 2.04. The first-order valence-electron chi connectivity index (χ1n) is 7.66. The van der Waals surface area contributed by atoms with E-state index in [1.54, 1.807) is 0 Å². The van der Waals surface area contributed by atoms with Crippen molar-refractivity contribution in [1.29, 1.82) is 0 Å². The maximum Gasteiger partial charge on any atom is 0.227 e. The maximum absolute atomic E-state index is 12.7. The normalized spacial score (nSPS) is 24.1. The molecule has 110 valence electrons. The van der Waals surface area contributed by atoms with E-state index < -0.39 is 0 Å². The molecule has 0 aliphatic carbocycles. The molecule has 1 saturated heterocycles. The fraction of sp³-hybridized carbons (Fsp3) is 0.588. The zero-order valence-corrected chi connectivity index (χ0v) is 12.8. The van der Waals surface area contributed by atoms with Gasteiger partial charge in [-0.05, 0) is 45.2 Å². The zero-order valence-electron chi connectivity index (χ0n) is 12.8. The molecule has 0 aromatic heterocycles. The Labute approximate surface area is 122 Å². The number of carbonyl (C=O) groups excluding carboxylic acids is 1. The largest absolute Gasteiger partial charge is 0.349 e. The van der Waals surface area contributed by atoms with Crippen molar-refractivity contribution in [3.8, 4) is 0 Å². The smallest absolute Gasteiger partial charge is 0.227 e. The molecular formula is C17H26N2O. The minimum absolute atomic E-state index is 0.0634. The predicted molar refractivity (Wildman–Crippen MR) is 82.6 cm³/mol. The monoisotopic (exact) mass is 274 g/mol. The van der Waals surface area contributed by atoms with Gasteiger partial charge in [0.25, 0.3) is 0 Å². The molecule has 0 spiro atoms. The second-order valence-corrected chi connectivity index (χ2v) is 6.02. The number of carbonyl (C=O) groups is 1. The Bertz CT molecular complexity index is 447. The van der Waals surface area contributed by atoms with Crippen LogP contribution in [0, 0.1) is 12.3 Å². The van der Waals surface area contributed by atoms with Crippen molar-refractivity contribution in [1.82, 2.24) is 10.6 Å². The summed E-state index contributed by atoms with van der Waals surface area (Å²) in [6.07, 6.45) is 2.97. The Morgan fingerprint density at radius 2 is 2.10 bits per heavy atom. The topological polar surface area (TPSA) is 41.1 Å². The highest BCUT2D eigenvalue weighted by Crippen LogP contribution is 2.31. The molecule has 1 fully saturated rings. The van der Waals surface area contributed by atoms with E-state index >= 15 is 0 Å². The van der Waals surface area contributed by atoms with Crippen LogP contribution in [0.4, 0.5) is 0 Å². The molecule has 20 heavy (non-hydrogen) atoms. The molecule has 1 amide bonds. The highest BCUT2D eigenvalue weighted by atomic mass is 16.2. The van der Waals surface area contributed by atoms with Crippen LogP contribution in [0.5, 0.6) is 0 Å². The average Bonchev–Trinajstić information content (AvgIpc) is 2.48. The molecule has 3 nitrogen and oxygen atoms in total. The van der Waals surface area contributed by atoms with Crippen LogP contribution in [-0.4, -0.2) is 19.0 Å². The van der Waals surface area contributed by atoms with Gasteiger partial charge in [0.15, 0.2) is 0 Å². The van der Waals surface area contributed by atoms with Crippen LogP contribution in [0.25, 0.3) is 0 Å². The third-order valence-electron chi connectivity index (χ3n) is 4.56. The van der Waals surface area contributed by atoms with Gasteiger partial charge in [0.1, 0.15) is 0 Å². The van der Waals surface area contributed by atoms with Gasteiger partial charge in [-0.1, -0.05) is 36.8 Å². The first kappa shape index (κ1) is 15.0. The Kier molecular flexibility index (Phi) is 4.81. The van der Waals surface area contributed by atoms with Gasteiger partial charge in [0.2, 0.25) is 5.91 Å². The summed E-state index contributed by atoms with van der Waals surface area (Å²) < 4.78 is 0. The zero-order chi connectivity index (χ0) is 14.6. The molecule has 2 atom stereocenters. The molecule has 0 radical (unpaired) electrons. The number of rotatable bonds is 4. The Hall–Kier alpha value is -1.35. The number of hydrogen-bond acceptors (Lipinski definition) is 2. The standard InChI is InChI=1S/C17H26N2O/c1-4-17(10-5-11-18-12-17)16(20)19-14(3)15-8-6-13(2)7-9-15/h6-9,14,18H,4-5,10-12H2,1-3H3,(H,19,20)/t14-,17?/m1/s1. The van der Waals surface area contributed by atoms with Crippen LogP contribution in [0.3, 0.4) is 0 Å². The van der Waals surface area contributed by atoms with Gasteiger partial charge < -0.3 is 10.6 Å². The number of nitrogens with one attached hydrogen (secondary N) is 2. The molecule has 1 heterocycles. The minimum atomic E-state index is -0.225. The molecule has 1 unspecified atom stereocenters. The van der Waals surface area contributed by atoms with Gasteiger partial charge >= 0.3 is 0 Å². The highest BCUT2D eigenvalue weighted by molar-refractivity contribution is 5.83. The van der Waals surface area contributed by atoms with E-state index in [0.29, 0.717) is 0 Å². The molecule has 0 bridgehead atoms. The van der Waals surface area contributed by atoms with Crippen molar-refractivity contribution in [2.24, 2.45) is 5.41 Å². The maximum atomic E-state index is 12.7. The molecule has 2 N–H and O–H groups in total. The Morgan fingerprint density at radius 1 is 1.40 bits per heavy atom. The van der Waals surface area contributed by atoms with Crippen molar-refractivity contribution >= 4 is 5.91 Å². The number of benzene rings is 1. The molecular weight excluding hydrogens is 248 g/mol. The van der Waals surface area contributed by atoms with Gasteiger partial charge in [-0.3, -0.25) is 4.79 Å². The lowest BCUT2D eigenvalue weighted by Crippen LogP contribution is -2.50. The van der Waals surface area contributed by atoms with Gasteiger partial charge in [-0.2, -0.15) is 0 Å². The van der Waals surface area contributed by atoms with E-state index in [4.69, 9.17) is 0 Å². The van der Waals surface area contributed by atoms with E-state index in [9.17, 15) is 4.79 Å². The number of piperidine rings is 1. The lowest BCUT2D eigenvalue weighted by molar-refractivity contribution is -0.133. The first-order valence-corrected chi connectivity index (χ1v) is 7.66. The third kappa shape index (κ3) is 3.21. The van der Waals surface area contributed by atoms with Gasteiger partial charge in [-0.15, -0.1) is 0 Å². The molecule has 1 aliphatic heterocycles. The van der Waals surface area contributed by atoms with Crippen LogP contribution >= 0.6 is 0 Å². The summed E-state index contributed by atoms with van der Waals surface area (Å²) in [7, 11) is 0. The van der Waals surface area contributed by atoms with Crippen molar-refractivity contribution in [3.63, 3.8) is 0 Å². The second-order valence-electron chi connectivity index (χ2n) is 6.02. The van der Waals surface area contributed by atoms with Gasteiger partial charge in [0, 0.05) is 6.54 Å². The molecule has 1 aliphatic rings. The summed E-state index contributed by atoms with van der Waals surface area (Å²) in [5.41, 5.74) is 2.18. The fourth-order valence-electron chi connectivity index (χ4n) is 2.91. The molecule has 3 heteroatoms. The van der Waals surface area contributed by atoms with Crippen molar-refractivity contribution in [2.75, 3.05) is 13.1 Å². The summed E-state index contributed by atoms with van der Waals surface area (Å²) in [5.74, 6) is 0.195.